The number of primary amides is 1. The second-order valence-electron chi connectivity index (χ2n) is 6.18. The molecule has 1 rings (SSSR count). The highest BCUT2D eigenvalue weighted by atomic mass is 32.2. The normalized spacial score (nSPS) is 13.8. The summed E-state index contributed by atoms with van der Waals surface area (Å²) < 4.78 is 6.00. The van der Waals surface area contributed by atoms with Gasteiger partial charge in [0.2, 0.25) is 5.91 Å². The third-order valence-corrected chi connectivity index (χ3v) is 4.82. The van der Waals surface area contributed by atoms with Crippen molar-refractivity contribution in [2.24, 2.45) is 11.7 Å². The van der Waals surface area contributed by atoms with Crippen molar-refractivity contribution in [2.75, 3.05) is 13.1 Å². The Morgan fingerprint density at radius 3 is 2.43 bits per heavy atom. The Kier molecular flexibility index (Phi) is 9.10. The Bertz CT molecular complexity index is 463. The Hall–Kier alpha value is -1.20. The smallest absolute Gasteiger partial charge is 0.248 e. The SMILES string of the molecule is CCC(Oc1ccc(C(N)=O)cc1)SC(C)CNCCC(C)C. The molecule has 5 heteroatoms. The van der Waals surface area contributed by atoms with Crippen molar-refractivity contribution in [2.45, 2.75) is 51.2 Å². The molecule has 3 N–H and O–H groups in total. The molecule has 0 aromatic heterocycles. The summed E-state index contributed by atoms with van der Waals surface area (Å²) in [5, 5.41) is 3.99. The van der Waals surface area contributed by atoms with E-state index in [1.54, 1.807) is 24.3 Å². The second kappa shape index (κ2) is 10.6. The zero-order chi connectivity index (χ0) is 17.2. The molecule has 2 unspecified atom stereocenters. The predicted molar refractivity (Wildman–Crippen MR) is 99.0 cm³/mol. The lowest BCUT2D eigenvalue weighted by Gasteiger charge is -2.21. The van der Waals surface area contributed by atoms with E-state index in [-0.39, 0.29) is 5.44 Å². The third kappa shape index (κ3) is 8.28. The van der Waals surface area contributed by atoms with Crippen LogP contribution in [0.4, 0.5) is 0 Å². The monoisotopic (exact) mass is 338 g/mol. The van der Waals surface area contributed by atoms with E-state index in [1.165, 1.54) is 6.42 Å². The lowest BCUT2D eigenvalue weighted by molar-refractivity contribution is 0.100. The topological polar surface area (TPSA) is 64.3 Å². The van der Waals surface area contributed by atoms with E-state index in [2.05, 4.69) is 33.0 Å². The first-order valence-electron chi connectivity index (χ1n) is 8.35. The fourth-order valence-electron chi connectivity index (χ4n) is 2.06. The molecule has 0 spiro atoms. The molecule has 1 aromatic carbocycles. The molecule has 130 valence electrons. The highest BCUT2D eigenvalue weighted by Crippen LogP contribution is 2.24. The van der Waals surface area contributed by atoms with Crippen molar-refractivity contribution >= 4 is 17.7 Å². The number of rotatable bonds is 11. The van der Waals surface area contributed by atoms with E-state index >= 15 is 0 Å². The first-order chi connectivity index (χ1) is 10.9. The maximum absolute atomic E-state index is 11.1. The van der Waals surface area contributed by atoms with Crippen LogP contribution in [-0.2, 0) is 0 Å². The van der Waals surface area contributed by atoms with Gasteiger partial charge in [0.15, 0.2) is 0 Å². The summed E-state index contributed by atoms with van der Waals surface area (Å²) in [5.74, 6) is 1.09. The van der Waals surface area contributed by atoms with Gasteiger partial charge < -0.3 is 15.8 Å². The van der Waals surface area contributed by atoms with Crippen molar-refractivity contribution in [1.29, 1.82) is 0 Å². The number of ether oxygens (including phenoxy) is 1. The number of carbonyl (C=O) groups is 1. The van der Waals surface area contributed by atoms with E-state index < -0.39 is 5.91 Å². The average molecular weight is 339 g/mol. The zero-order valence-electron chi connectivity index (χ0n) is 14.7. The van der Waals surface area contributed by atoms with Gasteiger partial charge in [0.1, 0.15) is 11.2 Å². The van der Waals surface area contributed by atoms with Crippen LogP contribution >= 0.6 is 11.8 Å². The Morgan fingerprint density at radius 1 is 1.26 bits per heavy atom. The van der Waals surface area contributed by atoms with Crippen LogP contribution in [0.1, 0.15) is 50.9 Å². The van der Waals surface area contributed by atoms with Gasteiger partial charge in [-0.2, -0.15) is 0 Å². The van der Waals surface area contributed by atoms with Crippen molar-refractivity contribution in [3.63, 3.8) is 0 Å². The summed E-state index contributed by atoms with van der Waals surface area (Å²) in [6, 6.07) is 7.00. The van der Waals surface area contributed by atoms with Crippen LogP contribution in [-0.4, -0.2) is 29.7 Å². The standard InChI is InChI=1S/C18H30N2O2S/c1-5-17(23-14(4)12-20-11-10-13(2)3)22-16-8-6-15(7-9-16)18(19)21/h6-9,13-14,17,20H,5,10-12H2,1-4H3,(H2,19,21). The number of nitrogens with one attached hydrogen (secondary N) is 1. The molecule has 1 amide bonds. The molecule has 0 aliphatic rings. The zero-order valence-corrected chi connectivity index (χ0v) is 15.5. The molecule has 0 fully saturated rings. The summed E-state index contributed by atoms with van der Waals surface area (Å²) in [6.07, 6.45) is 2.13. The summed E-state index contributed by atoms with van der Waals surface area (Å²) in [5.41, 5.74) is 5.85. The highest BCUT2D eigenvalue weighted by Gasteiger charge is 2.14. The molecule has 0 aliphatic carbocycles. The number of benzene rings is 1. The lowest BCUT2D eigenvalue weighted by atomic mass is 10.1. The van der Waals surface area contributed by atoms with Gasteiger partial charge in [-0.1, -0.05) is 27.7 Å². The second-order valence-corrected chi connectivity index (χ2v) is 7.78. The molecule has 0 saturated heterocycles. The van der Waals surface area contributed by atoms with Crippen molar-refractivity contribution in [3.8, 4) is 5.75 Å². The molecule has 2 atom stereocenters. The number of carbonyl (C=O) groups excluding carboxylic acids is 1. The Morgan fingerprint density at radius 2 is 1.91 bits per heavy atom. The van der Waals surface area contributed by atoms with Crippen molar-refractivity contribution in [1.82, 2.24) is 5.32 Å². The molecule has 4 nitrogen and oxygen atoms in total. The molecular formula is C18H30N2O2S. The van der Waals surface area contributed by atoms with Crippen LogP contribution in [0.25, 0.3) is 0 Å². The van der Waals surface area contributed by atoms with Crippen LogP contribution in [0.15, 0.2) is 24.3 Å². The van der Waals surface area contributed by atoms with Crippen molar-refractivity contribution < 1.29 is 9.53 Å². The summed E-state index contributed by atoms with van der Waals surface area (Å²) in [6.45, 7) is 10.9. The molecule has 0 radical (unpaired) electrons. The summed E-state index contributed by atoms with van der Waals surface area (Å²) in [4.78, 5) is 11.1. The van der Waals surface area contributed by atoms with Gasteiger partial charge in [-0.05, 0) is 49.6 Å². The predicted octanol–water partition coefficient (Wildman–Crippen LogP) is 3.66. The van der Waals surface area contributed by atoms with E-state index in [0.717, 1.165) is 31.2 Å². The number of thioether (sulfide) groups is 1. The van der Waals surface area contributed by atoms with Crippen LogP contribution in [0.5, 0.6) is 5.75 Å². The van der Waals surface area contributed by atoms with Gasteiger partial charge in [-0.25, -0.2) is 0 Å². The van der Waals surface area contributed by atoms with Crippen LogP contribution in [0.3, 0.4) is 0 Å². The highest BCUT2D eigenvalue weighted by molar-refractivity contribution is 8.00. The van der Waals surface area contributed by atoms with E-state index in [1.807, 2.05) is 11.8 Å². The number of hydrogen-bond donors (Lipinski definition) is 2. The van der Waals surface area contributed by atoms with Gasteiger partial charge in [0.25, 0.3) is 0 Å². The summed E-state index contributed by atoms with van der Waals surface area (Å²) >= 11 is 1.83. The molecule has 0 saturated carbocycles. The molecule has 1 aromatic rings. The van der Waals surface area contributed by atoms with Crippen LogP contribution < -0.4 is 15.8 Å². The number of nitrogens with two attached hydrogens (primary N) is 1. The molecule has 0 bridgehead atoms. The van der Waals surface area contributed by atoms with Gasteiger partial charge >= 0.3 is 0 Å². The number of amides is 1. The van der Waals surface area contributed by atoms with Crippen LogP contribution in [0.2, 0.25) is 0 Å². The van der Waals surface area contributed by atoms with Crippen molar-refractivity contribution in [3.05, 3.63) is 29.8 Å². The fraction of sp³-hybridized carbons (Fsp3) is 0.611. The third-order valence-electron chi connectivity index (χ3n) is 3.45. The summed E-state index contributed by atoms with van der Waals surface area (Å²) in [7, 11) is 0. The van der Waals surface area contributed by atoms with Crippen LogP contribution in [0, 0.1) is 5.92 Å². The largest absolute Gasteiger partial charge is 0.480 e. The van der Waals surface area contributed by atoms with E-state index in [9.17, 15) is 4.79 Å². The van der Waals surface area contributed by atoms with E-state index in [4.69, 9.17) is 10.5 Å². The van der Waals surface area contributed by atoms with Gasteiger partial charge in [0.05, 0.1) is 0 Å². The Labute approximate surface area is 144 Å². The van der Waals surface area contributed by atoms with Gasteiger partial charge in [-0.15, -0.1) is 11.8 Å². The Balaban J connectivity index is 2.39. The molecule has 23 heavy (non-hydrogen) atoms. The first-order valence-corrected chi connectivity index (χ1v) is 9.29. The molecule has 0 aliphatic heterocycles. The quantitative estimate of drug-likeness (QED) is 0.477. The maximum Gasteiger partial charge on any atom is 0.248 e. The molecular weight excluding hydrogens is 308 g/mol. The fourth-order valence-corrected chi connectivity index (χ4v) is 3.15. The average Bonchev–Trinajstić information content (AvgIpc) is 2.51. The minimum atomic E-state index is -0.418. The molecule has 0 heterocycles. The van der Waals surface area contributed by atoms with Gasteiger partial charge in [0, 0.05) is 17.4 Å². The minimum absolute atomic E-state index is 0.108. The van der Waals surface area contributed by atoms with E-state index in [0.29, 0.717) is 10.8 Å². The maximum atomic E-state index is 11.1. The minimum Gasteiger partial charge on any atom is -0.480 e. The number of hydrogen-bond acceptors (Lipinski definition) is 4. The lowest BCUT2D eigenvalue weighted by Crippen LogP contribution is -2.27. The van der Waals surface area contributed by atoms with Gasteiger partial charge in [-0.3, -0.25) is 4.79 Å². The first kappa shape index (κ1) is 19.8.